The van der Waals surface area contributed by atoms with Crippen molar-refractivity contribution < 1.29 is 14.4 Å². The Balaban J connectivity index is 0.946. The number of aromatic amines is 1. The fraction of sp³-hybridized carbons (Fsp3) is 0.474. The van der Waals surface area contributed by atoms with E-state index in [0.717, 1.165) is 105 Å². The second kappa shape index (κ2) is 12.4. The topological polar surface area (TPSA) is 135 Å². The average molecular weight is 635 g/mol. The lowest BCUT2D eigenvalue weighted by molar-refractivity contribution is -0.134. The van der Waals surface area contributed by atoms with Gasteiger partial charge in [-0.05, 0) is 103 Å². The maximum Gasteiger partial charge on any atom is 0.253 e. The predicted molar refractivity (Wildman–Crippen MR) is 183 cm³/mol. The van der Waals surface area contributed by atoms with Crippen molar-refractivity contribution in [3.63, 3.8) is 0 Å². The highest BCUT2D eigenvalue weighted by Gasteiger charge is 2.31. The van der Waals surface area contributed by atoms with E-state index in [0.29, 0.717) is 30.0 Å². The second-order valence-electron chi connectivity index (χ2n) is 15.0. The summed E-state index contributed by atoms with van der Waals surface area (Å²) in [7, 11) is 0. The molecule has 1 aliphatic carbocycles. The van der Waals surface area contributed by atoms with Gasteiger partial charge in [0.25, 0.3) is 5.91 Å². The summed E-state index contributed by atoms with van der Waals surface area (Å²) in [6.45, 7) is 8.83. The third-order valence-corrected chi connectivity index (χ3v) is 10.9. The van der Waals surface area contributed by atoms with E-state index >= 15 is 0 Å². The maximum absolute atomic E-state index is 13.6. The van der Waals surface area contributed by atoms with Crippen LogP contribution in [0, 0.1) is 16.7 Å². The van der Waals surface area contributed by atoms with E-state index in [9.17, 15) is 14.4 Å². The number of rotatable bonds is 6. The van der Waals surface area contributed by atoms with Crippen LogP contribution in [-0.2, 0) is 22.6 Å². The van der Waals surface area contributed by atoms with Crippen LogP contribution >= 0.6 is 0 Å². The van der Waals surface area contributed by atoms with Crippen molar-refractivity contribution in [2.45, 2.75) is 77.7 Å². The number of fused-ring (bicyclic) bond motifs is 2. The highest BCUT2D eigenvalue weighted by atomic mass is 16.2. The summed E-state index contributed by atoms with van der Waals surface area (Å²) in [6, 6.07) is 14.2. The average Bonchev–Trinajstić information content (AvgIpc) is 3.48. The van der Waals surface area contributed by atoms with Gasteiger partial charge in [-0.25, -0.2) is 0 Å². The molecular formula is C38H46N6O3. The molecule has 7 rings (SSSR count). The van der Waals surface area contributed by atoms with Crippen LogP contribution in [0.5, 0.6) is 0 Å². The number of benzene rings is 2. The van der Waals surface area contributed by atoms with Gasteiger partial charge < -0.3 is 15.6 Å². The standard InChI is InChI=1S/C38H46N6O3/c1-38(2)13-9-30(31(39)20-38)35(40)33-19-27-18-26(5-7-32(27)41-33)37(47)44-15-10-23(11-16-44)21-43-14-12-24-3-4-25(17-28(24)22-43)29-6-8-34(45)42-36(29)46/h3-5,7,17-19,23,29,40-41H,6,8-16,20-22,39H2,1-2H3,(H,42,45,46). The van der Waals surface area contributed by atoms with Crippen molar-refractivity contribution in [2.24, 2.45) is 17.1 Å². The molecule has 1 aromatic heterocycles. The number of hydrogen-bond donors (Lipinski definition) is 4. The monoisotopic (exact) mass is 634 g/mol. The Kier molecular flexibility index (Phi) is 8.28. The van der Waals surface area contributed by atoms with Gasteiger partial charge in [0.1, 0.15) is 0 Å². The molecule has 0 spiro atoms. The number of amides is 3. The smallest absolute Gasteiger partial charge is 0.253 e. The first-order chi connectivity index (χ1) is 22.5. The summed E-state index contributed by atoms with van der Waals surface area (Å²) in [5, 5.41) is 12.3. The van der Waals surface area contributed by atoms with Gasteiger partial charge in [0.15, 0.2) is 0 Å². The number of hydrogen-bond acceptors (Lipinski definition) is 6. The molecule has 246 valence electrons. The molecule has 4 aliphatic rings. The first kappa shape index (κ1) is 31.4. The highest BCUT2D eigenvalue weighted by Crippen LogP contribution is 2.38. The number of allylic oxidation sites excluding steroid dienone is 2. The quantitative estimate of drug-likeness (QED) is 0.213. The minimum atomic E-state index is -0.255. The molecule has 1 unspecified atom stereocenters. The van der Waals surface area contributed by atoms with Crippen LogP contribution in [0.4, 0.5) is 0 Å². The number of nitrogens with one attached hydrogen (secondary N) is 3. The lowest BCUT2D eigenvalue weighted by atomic mass is 9.75. The largest absolute Gasteiger partial charge is 0.402 e. The Morgan fingerprint density at radius 3 is 2.55 bits per heavy atom. The molecule has 5 N–H and O–H groups in total. The van der Waals surface area contributed by atoms with Crippen LogP contribution in [0.25, 0.3) is 10.9 Å². The Labute approximate surface area is 276 Å². The number of piperidine rings is 2. The lowest BCUT2D eigenvalue weighted by Crippen LogP contribution is -2.42. The summed E-state index contributed by atoms with van der Waals surface area (Å²) in [5.74, 6) is -0.0187. The van der Waals surface area contributed by atoms with Crippen LogP contribution in [0.1, 0.15) is 97.5 Å². The van der Waals surface area contributed by atoms with E-state index in [1.165, 1.54) is 11.1 Å². The molecule has 0 radical (unpaired) electrons. The first-order valence-electron chi connectivity index (χ1n) is 17.2. The summed E-state index contributed by atoms with van der Waals surface area (Å²) < 4.78 is 0. The fourth-order valence-electron chi connectivity index (χ4n) is 8.07. The van der Waals surface area contributed by atoms with Crippen molar-refractivity contribution in [3.8, 4) is 0 Å². The number of nitrogens with two attached hydrogens (primary N) is 1. The highest BCUT2D eigenvalue weighted by molar-refractivity contribution is 6.12. The van der Waals surface area contributed by atoms with Gasteiger partial charge in [-0.1, -0.05) is 32.0 Å². The van der Waals surface area contributed by atoms with Gasteiger partial charge in [-0.3, -0.25) is 30.0 Å². The zero-order chi connectivity index (χ0) is 32.9. The van der Waals surface area contributed by atoms with E-state index in [2.05, 4.69) is 47.2 Å². The van der Waals surface area contributed by atoms with Gasteiger partial charge in [0.05, 0.1) is 17.3 Å². The van der Waals surface area contributed by atoms with E-state index < -0.39 is 0 Å². The zero-order valence-electron chi connectivity index (χ0n) is 27.6. The Morgan fingerprint density at radius 1 is 0.979 bits per heavy atom. The minimum Gasteiger partial charge on any atom is -0.402 e. The molecule has 1 atom stereocenters. The number of imide groups is 1. The van der Waals surface area contributed by atoms with Crippen LogP contribution in [-0.4, -0.2) is 64.4 Å². The van der Waals surface area contributed by atoms with E-state index in [1.807, 2.05) is 29.2 Å². The van der Waals surface area contributed by atoms with E-state index in [4.69, 9.17) is 11.1 Å². The molecule has 3 aromatic rings. The molecule has 2 saturated heterocycles. The van der Waals surface area contributed by atoms with E-state index in [1.54, 1.807) is 0 Å². The van der Waals surface area contributed by atoms with Gasteiger partial charge in [-0.15, -0.1) is 0 Å². The number of carbonyl (C=O) groups is 3. The second-order valence-corrected chi connectivity index (χ2v) is 15.0. The number of likely N-dealkylation sites (tertiary alicyclic amines) is 1. The van der Waals surface area contributed by atoms with Crippen LogP contribution in [0.15, 0.2) is 53.7 Å². The summed E-state index contributed by atoms with van der Waals surface area (Å²) >= 11 is 0. The van der Waals surface area contributed by atoms with Gasteiger partial charge >= 0.3 is 0 Å². The predicted octanol–water partition coefficient (Wildman–Crippen LogP) is 5.39. The molecule has 2 fully saturated rings. The summed E-state index contributed by atoms with van der Waals surface area (Å²) in [5.41, 5.74) is 14.8. The molecule has 0 saturated carbocycles. The molecular weight excluding hydrogens is 588 g/mol. The molecule has 4 heterocycles. The first-order valence-corrected chi connectivity index (χ1v) is 17.2. The lowest BCUT2D eigenvalue weighted by Gasteiger charge is -2.37. The van der Waals surface area contributed by atoms with Crippen LogP contribution in [0.2, 0.25) is 0 Å². The third kappa shape index (κ3) is 6.50. The number of H-pyrrole nitrogens is 1. The van der Waals surface area contributed by atoms with Crippen molar-refractivity contribution >= 4 is 34.3 Å². The van der Waals surface area contributed by atoms with Gasteiger partial charge in [0, 0.05) is 61.3 Å². The van der Waals surface area contributed by atoms with E-state index in [-0.39, 0.29) is 29.1 Å². The van der Waals surface area contributed by atoms with Crippen LogP contribution < -0.4 is 11.1 Å². The Hall–Kier alpha value is -4.24. The maximum atomic E-state index is 13.6. The van der Waals surface area contributed by atoms with Crippen molar-refractivity contribution in [1.29, 1.82) is 5.41 Å². The molecule has 2 aromatic carbocycles. The Bertz CT molecular complexity index is 1790. The SMILES string of the molecule is CC1(C)CCC(C(=N)c2cc3cc(C(=O)N4CCC(CN5CCc6ccc(C7CCC(=O)NC7=O)cc6C5)CC4)ccc3[nH]2)=C(N)C1. The molecule has 9 nitrogen and oxygen atoms in total. The summed E-state index contributed by atoms with van der Waals surface area (Å²) in [4.78, 5) is 45.5. The molecule has 3 aliphatic heterocycles. The van der Waals surface area contributed by atoms with Crippen molar-refractivity contribution in [1.82, 2.24) is 20.1 Å². The van der Waals surface area contributed by atoms with Gasteiger partial charge in [-0.2, -0.15) is 0 Å². The van der Waals surface area contributed by atoms with Crippen LogP contribution in [0.3, 0.4) is 0 Å². The van der Waals surface area contributed by atoms with Crippen molar-refractivity contribution in [2.75, 3.05) is 26.2 Å². The fourth-order valence-corrected chi connectivity index (χ4v) is 8.07. The number of aromatic nitrogens is 1. The molecule has 0 bridgehead atoms. The zero-order valence-corrected chi connectivity index (χ0v) is 27.6. The van der Waals surface area contributed by atoms with Gasteiger partial charge in [0.2, 0.25) is 11.8 Å². The molecule has 3 amide bonds. The normalized spacial score (nSPS) is 22.3. The number of carbonyl (C=O) groups excluding carboxylic acids is 3. The molecule has 9 heteroatoms. The third-order valence-electron chi connectivity index (χ3n) is 10.9. The number of nitrogens with zero attached hydrogens (tertiary/aromatic N) is 2. The minimum absolute atomic E-state index is 0.0671. The Morgan fingerprint density at radius 2 is 1.79 bits per heavy atom. The van der Waals surface area contributed by atoms with Crippen molar-refractivity contribution in [3.05, 3.63) is 81.7 Å². The summed E-state index contributed by atoms with van der Waals surface area (Å²) in [6.07, 6.45) is 6.54. The molecule has 47 heavy (non-hydrogen) atoms.